The first-order valence-electron chi connectivity index (χ1n) is 11.5. The maximum absolute atomic E-state index is 12.9. The van der Waals surface area contributed by atoms with E-state index < -0.39 is 58.7 Å². The first-order chi connectivity index (χ1) is 19.6. The molecule has 0 amide bonds. The van der Waals surface area contributed by atoms with Crippen molar-refractivity contribution in [1.29, 1.82) is 0 Å². The van der Waals surface area contributed by atoms with Crippen LogP contribution in [0.3, 0.4) is 0 Å². The predicted octanol–water partition coefficient (Wildman–Crippen LogP) is 4.84. The molecule has 224 valence electrons. The van der Waals surface area contributed by atoms with Crippen LogP contribution in [0.2, 0.25) is 0 Å². The Hall–Kier alpha value is -4.90. The third-order valence-electron chi connectivity index (χ3n) is 5.05. The van der Waals surface area contributed by atoms with Crippen molar-refractivity contribution in [3.63, 3.8) is 0 Å². The summed E-state index contributed by atoms with van der Waals surface area (Å²) in [5.74, 6) is -4.25. The predicted molar refractivity (Wildman–Crippen MR) is 124 cm³/mol. The van der Waals surface area contributed by atoms with E-state index in [1.807, 2.05) is 0 Å². The summed E-state index contributed by atoms with van der Waals surface area (Å²) in [6, 6.07) is 4.80. The van der Waals surface area contributed by atoms with Gasteiger partial charge in [-0.05, 0) is 30.2 Å². The van der Waals surface area contributed by atoms with Gasteiger partial charge in [0, 0.05) is 24.8 Å². The summed E-state index contributed by atoms with van der Waals surface area (Å²) in [6.07, 6.45) is -5.62. The number of carboxylic acid groups (broad SMARTS) is 1. The Bertz CT molecular complexity index is 1530. The molecule has 0 radical (unpaired) electrons. The number of rotatable bonds is 7. The number of hydrogen-bond acceptors (Lipinski definition) is 7. The first kappa shape index (κ1) is 31.6. The molecule has 0 saturated carbocycles. The molecule has 0 aliphatic carbocycles. The van der Waals surface area contributed by atoms with E-state index in [1.54, 1.807) is 0 Å². The standard InChI is InChI=1S/C13H11F4N3O2.C11H7F4N3O2/c1-2-22-12(21)9-7-20(19-11(9)13(15,16)17)6-8-3-4-10(14)18-5-8;12-8-2-1-6(3-16-8)4-18-5-7(10(19)20)9(17-18)11(13,14)15/h3-5,7H,2,6H2,1H3;1-3,5H,4H2,(H,19,20). The Labute approximate surface area is 230 Å². The highest BCUT2D eigenvalue weighted by Gasteiger charge is 2.40. The quantitative estimate of drug-likeness (QED) is 0.180. The number of hydrogen-bond donors (Lipinski definition) is 1. The number of carbonyl (C=O) groups is 2. The number of esters is 1. The van der Waals surface area contributed by atoms with Crippen molar-refractivity contribution >= 4 is 11.9 Å². The highest BCUT2D eigenvalue weighted by Crippen LogP contribution is 2.32. The zero-order valence-electron chi connectivity index (χ0n) is 21.1. The van der Waals surface area contributed by atoms with Crippen molar-refractivity contribution in [3.05, 3.63) is 94.6 Å². The molecule has 0 spiro atoms. The molecular formula is C24H18F8N6O4. The van der Waals surface area contributed by atoms with Crippen LogP contribution in [0.5, 0.6) is 0 Å². The fraction of sp³-hybridized carbons (Fsp3) is 0.250. The van der Waals surface area contributed by atoms with Crippen molar-refractivity contribution in [3.8, 4) is 0 Å². The van der Waals surface area contributed by atoms with Gasteiger partial charge in [0.25, 0.3) is 0 Å². The number of pyridine rings is 2. The molecular weight excluding hydrogens is 588 g/mol. The van der Waals surface area contributed by atoms with Gasteiger partial charge in [-0.25, -0.2) is 19.6 Å². The minimum Gasteiger partial charge on any atom is -0.478 e. The van der Waals surface area contributed by atoms with Crippen molar-refractivity contribution in [2.24, 2.45) is 0 Å². The molecule has 4 aromatic rings. The Morgan fingerprint density at radius 3 is 1.55 bits per heavy atom. The van der Waals surface area contributed by atoms with Gasteiger partial charge in [0.1, 0.15) is 11.1 Å². The monoisotopic (exact) mass is 606 g/mol. The summed E-state index contributed by atoms with van der Waals surface area (Å²) in [5, 5.41) is 15.3. The minimum absolute atomic E-state index is 0.0524. The number of aromatic nitrogens is 6. The second-order valence-corrected chi connectivity index (χ2v) is 8.18. The van der Waals surface area contributed by atoms with E-state index in [0.717, 1.165) is 40.1 Å². The molecule has 1 N–H and O–H groups in total. The van der Waals surface area contributed by atoms with Crippen LogP contribution >= 0.6 is 0 Å². The van der Waals surface area contributed by atoms with Crippen molar-refractivity contribution in [1.82, 2.24) is 29.5 Å². The van der Waals surface area contributed by atoms with Gasteiger partial charge in [0.05, 0.1) is 19.7 Å². The fourth-order valence-electron chi connectivity index (χ4n) is 3.31. The average Bonchev–Trinajstić information content (AvgIpc) is 3.53. The van der Waals surface area contributed by atoms with E-state index in [9.17, 15) is 44.7 Å². The number of carboxylic acids is 1. The van der Waals surface area contributed by atoms with Gasteiger partial charge in [-0.3, -0.25) is 9.36 Å². The van der Waals surface area contributed by atoms with E-state index in [4.69, 9.17) is 5.11 Å². The Kier molecular flexibility index (Phi) is 9.59. The van der Waals surface area contributed by atoms with Gasteiger partial charge in [-0.2, -0.15) is 45.3 Å². The molecule has 0 saturated heterocycles. The summed E-state index contributed by atoms with van der Waals surface area (Å²) in [7, 11) is 0. The van der Waals surface area contributed by atoms with Crippen molar-refractivity contribution in [2.75, 3.05) is 6.61 Å². The van der Waals surface area contributed by atoms with Gasteiger partial charge in [0.15, 0.2) is 11.4 Å². The second kappa shape index (κ2) is 12.7. The van der Waals surface area contributed by atoms with Gasteiger partial charge < -0.3 is 9.84 Å². The van der Waals surface area contributed by atoms with E-state index in [1.165, 1.54) is 25.3 Å². The van der Waals surface area contributed by atoms with Crippen molar-refractivity contribution in [2.45, 2.75) is 32.4 Å². The molecule has 0 fully saturated rings. The summed E-state index contributed by atoms with van der Waals surface area (Å²) in [4.78, 5) is 29.1. The van der Waals surface area contributed by atoms with Crippen LogP contribution in [-0.4, -0.2) is 53.2 Å². The van der Waals surface area contributed by atoms with E-state index >= 15 is 0 Å². The summed E-state index contributed by atoms with van der Waals surface area (Å²) in [6.45, 7) is 1.20. The lowest BCUT2D eigenvalue weighted by Gasteiger charge is -2.05. The summed E-state index contributed by atoms with van der Waals surface area (Å²) in [5.41, 5.74) is -3.56. The molecule has 4 heterocycles. The SMILES string of the molecule is CCOC(=O)c1cn(Cc2ccc(F)nc2)nc1C(F)(F)F.O=C(O)c1cn(Cc2ccc(F)nc2)nc1C(F)(F)F. The largest absolute Gasteiger partial charge is 0.478 e. The molecule has 0 atom stereocenters. The number of carbonyl (C=O) groups excluding carboxylic acids is 1. The molecule has 0 aromatic carbocycles. The molecule has 4 rings (SSSR count). The van der Waals surface area contributed by atoms with Gasteiger partial charge >= 0.3 is 24.3 Å². The summed E-state index contributed by atoms with van der Waals surface area (Å²) >= 11 is 0. The molecule has 0 aliphatic heterocycles. The van der Waals surface area contributed by atoms with E-state index in [0.29, 0.717) is 11.1 Å². The van der Waals surface area contributed by atoms with Crippen LogP contribution in [0, 0.1) is 11.9 Å². The third-order valence-corrected chi connectivity index (χ3v) is 5.05. The molecule has 18 heteroatoms. The van der Waals surface area contributed by atoms with Gasteiger partial charge in [-0.15, -0.1) is 0 Å². The number of nitrogens with zero attached hydrogens (tertiary/aromatic N) is 6. The molecule has 10 nitrogen and oxygen atoms in total. The highest BCUT2D eigenvalue weighted by atomic mass is 19.4. The van der Waals surface area contributed by atoms with Gasteiger partial charge in [-0.1, -0.05) is 12.1 Å². The van der Waals surface area contributed by atoms with Crippen LogP contribution in [0.25, 0.3) is 0 Å². The lowest BCUT2D eigenvalue weighted by Crippen LogP contribution is -2.14. The summed E-state index contributed by atoms with van der Waals surface area (Å²) < 4.78 is 108. The maximum atomic E-state index is 12.9. The van der Waals surface area contributed by atoms with Crippen LogP contribution in [0.4, 0.5) is 35.1 Å². The zero-order valence-corrected chi connectivity index (χ0v) is 21.1. The Morgan fingerprint density at radius 2 is 1.21 bits per heavy atom. The van der Waals surface area contributed by atoms with E-state index in [-0.39, 0.29) is 19.7 Å². The lowest BCUT2D eigenvalue weighted by molar-refractivity contribution is -0.142. The van der Waals surface area contributed by atoms with Crippen LogP contribution in [-0.2, 0) is 30.2 Å². The smallest absolute Gasteiger partial charge is 0.436 e. The normalized spacial score (nSPS) is 11.5. The van der Waals surface area contributed by atoms with Crippen LogP contribution < -0.4 is 0 Å². The van der Waals surface area contributed by atoms with Gasteiger partial charge in [0.2, 0.25) is 11.9 Å². The minimum atomic E-state index is -4.86. The number of aromatic carboxylic acids is 1. The first-order valence-corrected chi connectivity index (χ1v) is 11.5. The Morgan fingerprint density at radius 1 is 0.786 bits per heavy atom. The van der Waals surface area contributed by atoms with Crippen LogP contribution in [0.1, 0.15) is 50.2 Å². The number of ether oxygens (including phenoxy) is 1. The average molecular weight is 606 g/mol. The highest BCUT2D eigenvalue weighted by molar-refractivity contribution is 5.90. The number of alkyl halides is 6. The van der Waals surface area contributed by atoms with Crippen molar-refractivity contribution < 1.29 is 54.6 Å². The second-order valence-electron chi connectivity index (χ2n) is 8.18. The molecule has 0 unspecified atom stereocenters. The Balaban J connectivity index is 0.000000231. The molecule has 4 aromatic heterocycles. The van der Waals surface area contributed by atoms with Crippen LogP contribution in [0.15, 0.2) is 49.1 Å². The fourth-order valence-corrected chi connectivity index (χ4v) is 3.31. The molecule has 0 aliphatic rings. The third kappa shape index (κ3) is 8.31. The molecule has 42 heavy (non-hydrogen) atoms. The topological polar surface area (TPSA) is 125 Å². The maximum Gasteiger partial charge on any atom is 0.436 e. The van der Waals surface area contributed by atoms with E-state index in [2.05, 4.69) is 24.9 Å². The number of halogens is 8. The molecule has 0 bridgehead atoms. The zero-order chi connectivity index (χ0) is 31.2. The lowest BCUT2D eigenvalue weighted by atomic mass is 10.2.